The van der Waals surface area contributed by atoms with Crippen LogP contribution in [-0.2, 0) is 33.5 Å². The van der Waals surface area contributed by atoms with Gasteiger partial charge in [-0.15, -0.1) is 0 Å². The Labute approximate surface area is 405 Å². The number of rotatable bonds is 4. The fourth-order valence-corrected chi connectivity index (χ4v) is 10.8. The van der Waals surface area contributed by atoms with E-state index >= 15 is 0 Å². The molecule has 0 saturated heterocycles. The summed E-state index contributed by atoms with van der Waals surface area (Å²) < 4.78 is 0. The summed E-state index contributed by atoms with van der Waals surface area (Å²) in [5.74, 6) is 0.103. The molecule has 9 rings (SSSR count). The predicted molar refractivity (Wildman–Crippen MR) is 293 cm³/mol. The van der Waals surface area contributed by atoms with Crippen molar-refractivity contribution >= 4 is 40.2 Å². The Morgan fingerprint density at radius 3 is 1.49 bits per heavy atom. The number of nitrogens with zero attached hydrogens (tertiary/aromatic N) is 1. The summed E-state index contributed by atoms with van der Waals surface area (Å²) in [6.07, 6.45) is 0.882. The highest BCUT2D eigenvalue weighted by molar-refractivity contribution is 6.98. The van der Waals surface area contributed by atoms with E-state index in [-0.39, 0.29) is 39.7 Å². The molecule has 67 heavy (non-hydrogen) atoms. The van der Waals surface area contributed by atoms with Crippen LogP contribution in [0.3, 0.4) is 0 Å². The van der Waals surface area contributed by atoms with Crippen LogP contribution in [0.1, 0.15) is 160 Å². The molecule has 342 valence electrons. The van der Waals surface area contributed by atoms with E-state index in [1.165, 1.54) is 106 Å². The van der Waals surface area contributed by atoms with E-state index in [1.54, 1.807) is 0 Å². The summed E-state index contributed by atoms with van der Waals surface area (Å²) in [5.41, 5.74) is 25.5. The van der Waals surface area contributed by atoms with Gasteiger partial charge in [0.15, 0.2) is 0 Å². The number of aryl methyl sites for hydroxylation is 1. The van der Waals surface area contributed by atoms with E-state index in [9.17, 15) is 0 Å². The molecule has 0 bridgehead atoms. The van der Waals surface area contributed by atoms with Crippen molar-refractivity contribution in [2.45, 2.75) is 150 Å². The minimum absolute atomic E-state index is 0.00131. The van der Waals surface area contributed by atoms with Gasteiger partial charge in [-0.2, -0.15) is 0 Å². The predicted octanol–water partition coefficient (Wildman–Crippen LogP) is 15.8. The first-order chi connectivity index (χ1) is 31.3. The molecule has 7 aromatic rings. The minimum Gasteiger partial charge on any atom is -0.311 e. The zero-order valence-electron chi connectivity index (χ0n) is 43.6. The van der Waals surface area contributed by atoms with Crippen molar-refractivity contribution in [3.8, 4) is 22.3 Å². The molecule has 0 saturated carbocycles. The van der Waals surface area contributed by atoms with Crippen LogP contribution >= 0.6 is 0 Å². The number of hydrogen-bond acceptors (Lipinski definition) is 1. The SMILES string of the molecule is Cc1cccc(-c2cc3c4c(c2)N(c2ccc(C(C)(C)C)cc2)c2ccc(C(C)(C)C)cc2B4c2cc(C(C)(C)C)ccc2C(c2ccc(C(C)(C)C)cc2-c2ccc(C(C)(C)C)cc2)C3)c1. The first-order valence-corrected chi connectivity index (χ1v) is 25.0. The van der Waals surface area contributed by atoms with Crippen LogP contribution in [0.5, 0.6) is 0 Å². The zero-order valence-corrected chi connectivity index (χ0v) is 43.6. The fourth-order valence-electron chi connectivity index (χ4n) is 10.8. The van der Waals surface area contributed by atoms with Gasteiger partial charge < -0.3 is 4.90 Å². The molecule has 0 N–H and O–H groups in total. The van der Waals surface area contributed by atoms with Crippen LogP contribution in [0.2, 0.25) is 0 Å². The molecule has 2 heterocycles. The molecule has 1 unspecified atom stereocenters. The van der Waals surface area contributed by atoms with Gasteiger partial charge in [0.05, 0.1) is 0 Å². The highest BCUT2D eigenvalue weighted by atomic mass is 15.1. The maximum atomic E-state index is 2.61. The van der Waals surface area contributed by atoms with Crippen LogP contribution in [0.25, 0.3) is 22.3 Å². The van der Waals surface area contributed by atoms with Gasteiger partial charge in [0.2, 0.25) is 6.71 Å². The Hall–Kier alpha value is -5.60. The average molecular weight is 880 g/mol. The normalized spacial score (nSPS) is 15.2. The highest BCUT2D eigenvalue weighted by Gasteiger charge is 2.43. The monoisotopic (exact) mass is 880 g/mol. The Kier molecular flexibility index (Phi) is 11.3. The number of hydrogen-bond donors (Lipinski definition) is 0. The molecule has 2 aliphatic rings. The second kappa shape index (κ2) is 16.3. The molecule has 2 aliphatic heterocycles. The summed E-state index contributed by atoms with van der Waals surface area (Å²) in [5, 5.41) is 0. The maximum absolute atomic E-state index is 2.61. The van der Waals surface area contributed by atoms with Gasteiger partial charge in [0.1, 0.15) is 0 Å². The highest BCUT2D eigenvalue weighted by Crippen LogP contribution is 2.46. The van der Waals surface area contributed by atoms with Crippen molar-refractivity contribution in [2.24, 2.45) is 0 Å². The first-order valence-electron chi connectivity index (χ1n) is 25.0. The lowest BCUT2D eigenvalue weighted by Gasteiger charge is -2.39. The third kappa shape index (κ3) is 8.76. The largest absolute Gasteiger partial charge is 0.311 e. The van der Waals surface area contributed by atoms with Crippen LogP contribution < -0.4 is 21.3 Å². The van der Waals surface area contributed by atoms with E-state index in [0.717, 1.165) is 6.42 Å². The smallest absolute Gasteiger partial charge is 0.247 e. The standard InChI is InChI=1S/C65H74BN/c1-41-18-17-19-43(34-41)44-35-45-36-55(52-31-26-48(63(8,9)10)38-54(52)42-20-22-46(23-21-42)61(2,3)4)53-32-27-49(64(11,12)13)39-56(53)66-57-40-50(65(14,15)16)28-33-58(57)67(59(37-44)60(45)66)51-29-24-47(25-30-51)62(5,6)7/h17-35,37-40,55H,36H2,1-16H3. The number of fused-ring (bicyclic) bond motifs is 4. The van der Waals surface area contributed by atoms with E-state index in [0.29, 0.717) is 0 Å². The van der Waals surface area contributed by atoms with Gasteiger partial charge in [0.25, 0.3) is 0 Å². The van der Waals surface area contributed by atoms with Crippen molar-refractivity contribution in [3.63, 3.8) is 0 Å². The number of anilines is 3. The summed E-state index contributed by atoms with van der Waals surface area (Å²) in [6, 6.07) is 55.6. The summed E-state index contributed by atoms with van der Waals surface area (Å²) in [7, 11) is 0. The van der Waals surface area contributed by atoms with Gasteiger partial charge in [-0.05, 0) is 142 Å². The zero-order chi connectivity index (χ0) is 48.2. The van der Waals surface area contributed by atoms with Gasteiger partial charge in [0, 0.05) is 23.0 Å². The molecule has 0 fully saturated rings. The fraction of sp³-hybridized carbons (Fsp3) is 0.354. The second-order valence-corrected chi connectivity index (χ2v) is 25.3. The molecule has 1 atom stereocenters. The lowest BCUT2D eigenvalue weighted by molar-refractivity contribution is 0.589. The molecule has 0 aliphatic carbocycles. The quantitative estimate of drug-likeness (QED) is 0.159. The van der Waals surface area contributed by atoms with Crippen molar-refractivity contribution in [3.05, 3.63) is 190 Å². The van der Waals surface area contributed by atoms with Crippen LogP contribution in [0, 0.1) is 6.92 Å². The molecule has 0 amide bonds. The lowest BCUT2D eigenvalue weighted by Crippen LogP contribution is -2.58. The summed E-state index contributed by atoms with van der Waals surface area (Å²) >= 11 is 0. The Balaban J connectivity index is 1.40. The topological polar surface area (TPSA) is 3.24 Å². The average Bonchev–Trinajstić information content (AvgIpc) is 3.39. The first kappa shape index (κ1) is 46.5. The Morgan fingerprint density at radius 2 is 0.925 bits per heavy atom. The van der Waals surface area contributed by atoms with E-state index in [1.807, 2.05) is 0 Å². The van der Waals surface area contributed by atoms with Crippen molar-refractivity contribution in [2.75, 3.05) is 4.90 Å². The summed E-state index contributed by atoms with van der Waals surface area (Å²) in [6.45, 7) is 37.4. The van der Waals surface area contributed by atoms with Crippen molar-refractivity contribution in [1.29, 1.82) is 0 Å². The lowest BCUT2D eigenvalue weighted by atomic mass is 9.33. The second-order valence-electron chi connectivity index (χ2n) is 25.3. The van der Waals surface area contributed by atoms with Crippen LogP contribution in [-0.4, -0.2) is 6.71 Å². The third-order valence-electron chi connectivity index (χ3n) is 15.0. The van der Waals surface area contributed by atoms with Gasteiger partial charge >= 0.3 is 0 Å². The van der Waals surface area contributed by atoms with Gasteiger partial charge in [-0.1, -0.05) is 230 Å². The molecule has 2 heteroatoms. The molecule has 0 radical (unpaired) electrons. The molecule has 0 spiro atoms. The van der Waals surface area contributed by atoms with E-state index < -0.39 is 0 Å². The minimum atomic E-state index is -0.0303. The molecular formula is C65H74BN. The molecule has 7 aromatic carbocycles. The summed E-state index contributed by atoms with van der Waals surface area (Å²) in [4.78, 5) is 2.61. The van der Waals surface area contributed by atoms with E-state index in [4.69, 9.17) is 0 Å². The van der Waals surface area contributed by atoms with Crippen LogP contribution in [0.15, 0.2) is 140 Å². The Morgan fingerprint density at radius 1 is 0.418 bits per heavy atom. The number of benzene rings is 7. The molecule has 0 aromatic heterocycles. The van der Waals surface area contributed by atoms with Crippen molar-refractivity contribution < 1.29 is 0 Å². The van der Waals surface area contributed by atoms with Crippen LogP contribution in [0.4, 0.5) is 17.1 Å². The van der Waals surface area contributed by atoms with E-state index in [2.05, 4.69) is 255 Å². The van der Waals surface area contributed by atoms with Crippen molar-refractivity contribution in [1.82, 2.24) is 0 Å². The van der Waals surface area contributed by atoms with Gasteiger partial charge in [-0.3, -0.25) is 0 Å². The maximum Gasteiger partial charge on any atom is 0.247 e. The van der Waals surface area contributed by atoms with Gasteiger partial charge in [-0.25, -0.2) is 0 Å². The molecular weight excluding hydrogens is 806 g/mol. The Bertz CT molecular complexity index is 3000. The third-order valence-corrected chi connectivity index (χ3v) is 15.0. The molecule has 1 nitrogen and oxygen atoms in total.